The number of hydrogen-bond donors (Lipinski definition) is 3. The van der Waals surface area contributed by atoms with E-state index >= 15 is 0 Å². The van der Waals surface area contributed by atoms with Crippen LogP contribution < -0.4 is 5.32 Å². The summed E-state index contributed by atoms with van der Waals surface area (Å²) in [5.41, 5.74) is 0.959. The van der Waals surface area contributed by atoms with E-state index < -0.39 is 23.2 Å². The Morgan fingerprint density at radius 3 is 2.67 bits per heavy atom. The molecule has 1 atom stereocenters. The molecule has 1 unspecified atom stereocenters. The lowest BCUT2D eigenvalue weighted by atomic mass is 9.79. The number of carbonyl (C=O) groups is 2. The van der Waals surface area contributed by atoms with E-state index in [9.17, 15) is 14.7 Å². The number of aliphatic carboxylic acids is 1. The molecule has 2 aromatic rings. The van der Waals surface area contributed by atoms with Gasteiger partial charge in [0.25, 0.3) is 0 Å². The first kappa shape index (κ1) is 16.4. The molecule has 1 aliphatic carbocycles. The average Bonchev–Trinajstić information content (AvgIpc) is 2.83. The minimum Gasteiger partial charge on any atom is -0.479 e. The molecule has 3 rings (SSSR count). The highest BCUT2D eigenvalue weighted by Crippen LogP contribution is 2.34. The van der Waals surface area contributed by atoms with E-state index in [2.05, 4.69) is 10.3 Å². The Morgan fingerprint density at radius 2 is 2.00 bits per heavy atom. The number of para-hydroxylation sites is 1. The largest absolute Gasteiger partial charge is 0.479 e. The van der Waals surface area contributed by atoms with Crippen LogP contribution >= 0.6 is 0 Å². The Kier molecular flexibility index (Phi) is 3.78. The van der Waals surface area contributed by atoms with Crippen LogP contribution in [-0.4, -0.2) is 33.3 Å². The van der Waals surface area contributed by atoms with Gasteiger partial charge in [0.15, 0.2) is 0 Å². The smallest absolute Gasteiger partial charge is 0.408 e. The van der Waals surface area contributed by atoms with E-state index in [0.29, 0.717) is 12.8 Å². The molecular weight excluding hydrogens is 308 g/mol. The van der Waals surface area contributed by atoms with E-state index in [1.807, 2.05) is 24.3 Å². The van der Waals surface area contributed by atoms with Crippen molar-refractivity contribution in [1.82, 2.24) is 10.3 Å². The monoisotopic (exact) mass is 330 g/mol. The highest BCUT2D eigenvalue weighted by atomic mass is 16.6. The second-order valence-electron chi connectivity index (χ2n) is 7.32. The van der Waals surface area contributed by atoms with Crippen molar-refractivity contribution < 1.29 is 19.4 Å². The Morgan fingerprint density at radius 1 is 1.29 bits per heavy atom. The van der Waals surface area contributed by atoms with Crippen molar-refractivity contribution in [3.8, 4) is 0 Å². The number of fused-ring (bicyclic) bond motifs is 3. The van der Waals surface area contributed by atoms with E-state index in [-0.39, 0.29) is 6.42 Å². The van der Waals surface area contributed by atoms with Crippen molar-refractivity contribution in [1.29, 1.82) is 0 Å². The molecule has 128 valence electrons. The predicted molar refractivity (Wildman–Crippen MR) is 90.1 cm³/mol. The molecule has 6 heteroatoms. The number of carboxylic acids is 1. The van der Waals surface area contributed by atoms with E-state index in [4.69, 9.17) is 4.74 Å². The maximum Gasteiger partial charge on any atom is 0.408 e. The second-order valence-corrected chi connectivity index (χ2v) is 7.32. The summed E-state index contributed by atoms with van der Waals surface area (Å²) in [7, 11) is 0. The normalized spacial score (nSPS) is 20.5. The van der Waals surface area contributed by atoms with E-state index in [0.717, 1.165) is 22.2 Å². The van der Waals surface area contributed by atoms with Crippen LogP contribution in [0.25, 0.3) is 10.9 Å². The van der Waals surface area contributed by atoms with Crippen molar-refractivity contribution >= 4 is 23.0 Å². The number of amides is 1. The van der Waals surface area contributed by atoms with Crippen molar-refractivity contribution in [2.24, 2.45) is 0 Å². The van der Waals surface area contributed by atoms with Crippen LogP contribution in [0.15, 0.2) is 24.3 Å². The maximum atomic E-state index is 12.1. The number of ether oxygens (including phenoxy) is 1. The van der Waals surface area contributed by atoms with Crippen molar-refractivity contribution in [2.45, 2.75) is 51.2 Å². The fourth-order valence-electron chi connectivity index (χ4n) is 3.24. The Balaban J connectivity index is 1.93. The lowest BCUT2D eigenvalue weighted by Crippen LogP contribution is -2.58. The first-order valence-electron chi connectivity index (χ1n) is 8.03. The average molecular weight is 330 g/mol. The third-order valence-corrected chi connectivity index (χ3v) is 4.33. The van der Waals surface area contributed by atoms with Crippen molar-refractivity contribution in [3.63, 3.8) is 0 Å². The zero-order valence-corrected chi connectivity index (χ0v) is 14.1. The molecule has 0 saturated carbocycles. The summed E-state index contributed by atoms with van der Waals surface area (Å²) in [6, 6.07) is 7.80. The molecule has 1 heterocycles. The molecule has 0 spiro atoms. The Bertz CT molecular complexity index is 803. The van der Waals surface area contributed by atoms with Crippen LogP contribution in [0.2, 0.25) is 0 Å². The molecule has 1 aromatic carbocycles. The summed E-state index contributed by atoms with van der Waals surface area (Å²) in [6.45, 7) is 5.25. The zero-order chi connectivity index (χ0) is 17.5. The van der Waals surface area contributed by atoms with Gasteiger partial charge in [-0.2, -0.15) is 0 Å². The number of hydrogen-bond acceptors (Lipinski definition) is 3. The number of carbonyl (C=O) groups excluding carboxylic acids is 1. The number of carboxylic acid groups (broad SMARTS) is 1. The summed E-state index contributed by atoms with van der Waals surface area (Å²) < 4.78 is 5.25. The number of alkyl carbamates (subject to hydrolysis) is 1. The van der Waals surface area contributed by atoms with Gasteiger partial charge >= 0.3 is 12.1 Å². The number of H-pyrrole nitrogens is 1. The van der Waals surface area contributed by atoms with Crippen LogP contribution in [0.1, 0.15) is 38.4 Å². The first-order valence-corrected chi connectivity index (χ1v) is 8.03. The minimum absolute atomic E-state index is 0.237. The minimum atomic E-state index is -1.35. The molecule has 24 heavy (non-hydrogen) atoms. The van der Waals surface area contributed by atoms with Gasteiger partial charge in [-0.05, 0) is 45.2 Å². The van der Waals surface area contributed by atoms with Crippen LogP contribution in [0.3, 0.4) is 0 Å². The van der Waals surface area contributed by atoms with Crippen molar-refractivity contribution in [3.05, 3.63) is 35.5 Å². The SMILES string of the molecule is CC(C)(C)OC(=O)NC1(C(=O)O)CCc2[nH]c3ccccc3c2C1. The molecule has 0 radical (unpaired) electrons. The molecule has 1 aliphatic rings. The predicted octanol–water partition coefficient (Wildman–Crippen LogP) is 3.00. The Labute approximate surface area is 140 Å². The van der Waals surface area contributed by atoms with Gasteiger partial charge in [-0.3, -0.25) is 0 Å². The van der Waals surface area contributed by atoms with Crippen LogP contribution in [0.4, 0.5) is 4.79 Å². The van der Waals surface area contributed by atoms with Gasteiger partial charge < -0.3 is 20.1 Å². The van der Waals surface area contributed by atoms with Gasteiger partial charge in [0.05, 0.1) is 0 Å². The third kappa shape index (κ3) is 2.96. The Hall–Kier alpha value is -2.50. The zero-order valence-electron chi connectivity index (χ0n) is 14.1. The summed E-state index contributed by atoms with van der Waals surface area (Å²) in [4.78, 5) is 27.5. The van der Waals surface area contributed by atoms with Gasteiger partial charge in [0.1, 0.15) is 11.1 Å². The number of rotatable bonds is 2. The summed E-state index contributed by atoms with van der Waals surface area (Å²) >= 11 is 0. The first-order chi connectivity index (χ1) is 11.2. The van der Waals surface area contributed by atoms with Crippen LogP contribution in [0, 0.1) is 0 Å². The molecule has 6 nitrogen and oxygen atoms in total. The molecule has 0 saturated heterocycles. The molecule has 0 fully saturated rings. The lowest BCUT2D eigenvalue weighted by molar-refractivity contribution is -0.145. The molecule has 0 aliphatic heterocycles. The van der Waals surface area contributed by atoms with Gasteiger partial charge in [-0.25, -0.2) is 9.59 Å². The lowest BCUT2D eigenvalue weighted by Gasteiger charge is -2.34. The third-order valence-electron chi connectivity index (χ3n) is 4.33. The molecule has 0 bridgehead atoms. The summed E-state index contributed by atoms with van der Waals surface area (Å²) in [5, 5.41) is 13.4. The van der Waals surface area contributed by atoms with Gasteiger partial charge in [0.2, 0.25) is 0 Å². The summed E-state index contributed by atoms with van der Waals surface area (Å²) in [5.74, 6) is -1.04. The molecule has 3 N–H and O–H groups in total. The highest BCUT2D eigenvalue weighted by molar-refractivity contribution is 5.89. The quantitative estimate of drug-likeness (QED) is 0.789. The number of benzene rings is 1. The van der Waals surface area contributed by atoms with Gasteiger partial charge in [-0.15, -0.1) is 0 Å². The number of nitrogens with one attached hydrogen (secondary N) is 2. The van der Waals surface area contributed by atoms with Crippen molar-refractivity contribution in [2.75, 3.05) is 0 Å². The molecular formula is C18H22N2O4. The molecule has 1 amide bonds. The fraction of sp³-hybridized carbons (Fsp3) is 0.444. The fourth-order valence-corrected chi connectivity index (χ4v) is 3.24. The standard InChI is InChI=1S/C18H22N2O4/c1-17(2,3)24-16(23)20-18(15(21)22)9-8-14-12(10-18)11-6-4-5-7-13(11)19-14/h4-7,19H,8-10H2,1-3H3,(H,20,23)(H,21,22). The van der Waals surface area contributed by atoms with Crippen LogP contribution in [0.5, 0.6) is 0 Å². The summed E-state index contributed by atoms with van der Waals surface area (Å²) in [6.07, 6.45) is 0.419. The van der Waals surface area contributed by atoms with Gasteiger partial charge in [0, 0.05) is 23.0 Å². The van der Waals surface area contributed by atoms with Crippen LogP contribution in [-0.2, 0) is 22.4 Å². The van der Waals surface area contributed by atoms with Gasteiger partial charge in [-0.1, -0.05) is 18.2 Å². The number of aryl methyl sites for hydroxylation is 1. The topological polar surface area (TPSA) is 91.4 Å². The van der Waals surface area contributed by atoms with E-state index in [1.54, 1.807) is 20.8 Å². The second kappa shape index (κ2) is 5.54. The number of aromatic nitrogens is 1. The molecule has 1 aromatic heterocycles. The highest BCUT2D eigenvalue weighted by Gasteiger charge is 2.44. The van der Waals surface area contributed by atoms with E-state index in [1.165, 1.54) is 0 Å². The number of aromatic amines is 1. The maximum absolute atomic E-state index is 12.1.